The molecule has 28 heavy (non-hydrogen) atoms. The summed E-state index contributed by atoms with van der Waals surface area (Å²) in [6.45, 7) is 11.1. The largest absolute Gasteiger partial charge is 0.351 e. The molecule has 2 atom stereocenters. The molecule has 0 spiro atoms. The lowest BCUT2D eigenvalue weighted by Crippen LogP contribution is -2.53. The van der Waals surface area contributed by atoms with Crippen LogP contribution in [0, 0.1) is 11.8 Å². The van der Waals surface area contributed by atoms with Gasteiger partial charge in [0.05, 0.1) is 13.1 Å². The molecule has 2 aliphatic rings. The Bertz CT molecular complexity index is 633. The first-order valence-electron chi connectivity index (χ1n) is 10.5. The van der Waals surface area contributed by atoms with Gasteiger partial charge in [-0.1, -0.05) is 44.2 Å². The maximum absolute atomic E-state index is 12.6. The fourth-order valence-corrected chi connectivity index (χ4v) is 4.32. The van der Waals surface area contributed by atoms with Crippen LogP contribution in [0.15, 0.2) is 30.3 Å². The monoisotopic (exact) mass is 386 g/mol. The highest BCUT2D eigenvalue weighted by atomic mass is 16.2. The van der Waals surface area contributed by atoms with Crippen molar-refractivity contribution < 1.29 is 9.59 Å². The van der Waals surface area contributed by atoms with Crippen molar-refractivity contribution in [2.24, 2.45) is 11.8 Å². The first-order chi connectivity index (χ1) is 13.5. The lowest BCUT2D eigenvalue weighted by molar-refractivity contribution is -0.135. The van der Waals surface area contributed by atoms with Crippen molar-refractivity contribution in [3.63, 3.8) is 0 Å². The van der Waals surface area contributed by atoms with Crippen LogP contribution in [0.4, 0.5) is 0 Å². The molecule has 1 aromatic rings. The molecule has 1 aromatic carbocycles. The summed E-state index contributed by atoms with van der Waals surface area (Å²) in [6, 6.07) is 9.96. The fourth-order valence-electron chi connectivity index (χ4n) is 4.32. The number of rotatable bonds is 6. The molecule has 0 saturated carbocycles. The molecular weight excluding hydrogens is 352 g/mol. The molecule has 6 heteroatoms. The van der Waals surface area contributed by atoms with Gasteiger partial charge in [-0.3, -0.25) is 19.4 Å². The lowest BCUT2D eigenvalue weighted by Gasteiger charge is -2.38. The summed E-state index contributed by atoms with van der Waals surface area (Å²) in [6.07, 6.45) is 1.22. The molecule has 6 nitrogen and oxygen atoms in total. The average Bonchev–Trinajstić information content (AvgIpc) is 2.68. The zero-order chi connectivity index (χ0) is 19.9. The van der Waals surface area contributed by atoms with E-state index < -0.39 is 0 Å². The number of carbonyl (C=O) groups excluding carboxylic acids is 2. The van der Waals surface area contributed by atoms with Crippen molar-refractivity contribution in [3.8, 4) is 0 Å². The minimum Gasteiger partial charge on any atom is -0.351 e. The molecular formula is C22H34N4O2. The van der Waals surface area contributed by atoms with E-state index in [9.17, 15) is 9.59 Å². The van der Waals surface area contributed by atoms with Crippen LogP contribution in [0.3, 0.4) is 0 Å². The second kappa shape index (κ2) is 10.0. The van der Waals surface area contributed by atoms with E-state index in [-0.39, 0.29) is 11.8 Å². The summed E-state index contributed by atoms with van der Waals surface area (Å²) in [5.74, 6) is 1.51. The number of hydrogen-bond acceptors (Lipinski definition) is 4. The number of nitrogens with one attached hydrogen (secondary N) is 1. The third kappa shape index (κ3) is 6.31. The van der Waals surface area contributed by atoms with Crippen molar-refractivity contribution in [2.45, 2.75) is 26.8 Å². The third-order valence-corrected chi connectivity index (χ3v) is 5.75. The van der Waals surface area contributed by atoms with Gasteiger partial charge in [0.15, 0.2) is 0 Å². The van der Waals surface area contributed by atoms with Crippen LogP contribution in [0.25, 0.3) is 0 Å². The number of carbonyl (C=O) groups is 2. The Morgan fingerprint density at radius 1 is 0.929 bits per heavy atom. The SMILES string of the molecule is C[C@@H]1C[C@@H](C)CN(C(=O)CN2CCN(CC(=O)NCc3ccccc3)CC2)C1. The van der Waals surface area contributed by atoms with E-state index >= 15 is 0 Å². The quantitative estimate of drug-likeness (QED) is 0.804. The molecule has 0 aliphatic carbocycles. The van der Waals surface area contributed by atoms with Crippen LogP contribution in [-0.4, -0.2) is 78.9 Å². The van der Waals surface area contributed by atoms with Crippen LogP contribution in [0.2, 0.25) is 0 Å². The average molecular weight is 387 g/mol. The van der Waals surface area contributed by atoms with Gasteiger partial charge >= 0.3 is 0 Å². The first-order valence-corrected chi connectivity index (χ1v) is 10.5. The number of benzene rings is 1. The molecule has 2 amide bonds. The van der Waals surface area contributed by atoms with E-state index in [1.807, 2.05) is 35.2 Å². The Labute approximate surface area is 168 Å². The second-order valence-corrected chi connectivity index (χ2v) is 8.56. The van der Waals surface area contributed by atoms with Gasteiger partial charge in [0.1, 0.15) is 0 Å². The maximum atomic E-state index is 12.6. The second-order valence-electron chi connectivity index (χ2n) is 8.56. The molecule has 2 saturated heterocycles. The number of piperazine rings is 1. The summed E-state index contributed by atoms with van der Waals surface area (Å²) in [5, 5.41) is 2.99. The Balaban J connectivity index is 1.35. The Kier molecular flexibility index (Phi) is 7.45. The van der Waals surface area contributed by atoms with Gasteiger partial charge in [-0.25, -0.2) is 0 Å². The van der Waals surface area contributed by atoms with Gasteiger partial charge in [-0.15, -0.1) is 0 Å². The molecule has 1 N–H and O–H groups in total. The topological polar surface area (TPSA) is 55.9 Å². The van der Waals surface area contributed by atoms with Gasteiger partial charge in [-0.05, 0) is 23.8 Å². The van der Waals surface area contributed by atoms with E-state index in [0.717, 1.165) is 44.8 Å². The highest BCUT2D eigenvalue weighted by molar-refractivity contribution is 5.78. The highest BCUT2D eigenvalue weighted by Gasteiger charge is 2.27. The summed E-state index contributed by atoms with van der Waals surface area (Å²) in [4.78, 5) is 31.3. The smallest absolute Gasteiger partial charge is 0.236 e. The third-order valence-electron chi connectivity index (χ3n) is 5.75. The molecule has 0 unspecified atom stereocenters. The number of amides is 2. The molecule has 2 heterocycles. The molecule has 2 aliphatic heterocycles. The van der Waals surface area contributed by atoms with Crippen LogP contribution < -0.4 is 5.32 Å². The number of hydrogen-bond donors (Lipinski definition) is 1. The van der Waals surface area contributed by atoms with E-state index in [0.29, 0.717) is 31.5 Å². The van der Waals surface area contributed by atoms with Crippen molar-refractivity contribution in [1.82, 2.24) is 20.0 Å². The van der Waals surface area contributed by atoms with Gasteiger partial charge in [0.2, 0.25) is 11.8 Å². The van der Waals surface area contributed by atoms with Gasteiger partial charge in [0.25, 0.3) is 0 Å². The van der Waals surface area contributed by atoms with Gasteiger partial charge in [-0.2, -0.15) is 0 Å². The molecule has 154 valence electrons. The minimum atomic E-state index is 0.0599. The van der Waals surface area contributed by atoms with Gasteiger partial charge in [0, 0.05) is 45.8 Å². The Morgan fingerprint density at radius 3 is 2.11 bits per heavy atom. The molecule has 0 radical (unpaired) electrons. The fraction of sp³-hybridized carbons (Fsp3) is 0.636. The van der Waals surface area contributed by atoms with E-state index in [4.69, 9.17) is 0 Å². The summed E-state index contributed by atoms with van der Waals surface area (Å²) < 4.78 is 0. The normalized spacial score (nSPS) is 24.1. The van der Waals surface area contributed by atoms with Crippen LogP contribution in [-0.2, 0) is 16.1 Å². The number of piperidine rings is 1. The van der Waals surface area contributed by atoms with Crippen molar-refractivity contribution >= 4 is 11.8 Å². The van der Waals surface area contributed by atoms with Crippen molar-refractivity contribution in [2.75, 3.05) is 52.4 Å². The molecule has 0 aromatic heterocycles. The standard InChI is InChI=1S/C22H34N4O2/c1-18-12-19(2)15-26(14-18)22(28)17-25-10-8-24(9-11-25)16-21(27)23-13-20-6-4-3-5-7-20/h3-7,18-19H,8-17H2,1-2H3,(H,23,27)/t18-,19-/m1/s1. The zero-order valence-electron chi connectivity index (χ0n) is 17.3. The number of nitrogens with zero attached hydrogens (tertiary/aromatic N) is 3. The summed E-state index contributed by atoms with van der Waals surface area (Å²) in [7, 11) is 0. The van der Waals surface area contributed by atoms with Crippen LogP contribution in [0.5, 0.6) is 0 Å². The van der Waals surface area contributed by atoms with E-state index in [2.05, 4.69) is 29.0 Å². The molecule has 0 bridgehead atoms. The summed E-state index contributed by atoms with van der Waals surface area (Å²) >= 11 is 0. The van der Waals surface area contributed by atoms with E-state index in [1.54, 1.807) is 0 Å². The zero-order valence-corrected chi connectivity index (χ0v) is 17.3. The van der Waals surface area contributed by atoms with Gasteiger partial charge < -0.3 is 10.2 Å². The van der Waals surface area contributed by atoms with Crippen LogP contribution >= 0.6 is 0 Å². The van der Waals surface area contributed by atoms with E-state index in [1.165, 1.54) is 6.42 Å². The van der Waals surface area contributed by atoms with Crippen molar-refractivity contribution in [1.29, 1.82) is 0 Å². The maximum Gasteiger partial charge on any atom is 0.236 e. The molecule has 3 rings (SSSR count). The van der Waals surface area contributed by atoms with Crippen LogP contribution in [0.1, 0.15) is 25.8 Å². The summed E-state index contributed by atoms with van der Waals surface area (Å²) in [5.41, 5.74) is 1.11. The van der Waals surface area contributed by atoms with Crippen molar-refractivity contribution in [3.05, 3.63) is 35.9 Å². The Morgan fingerprint density at radius 2 is 1.50 bits per heavy atom. The minimum absolute atomic E-state index is 0.0599. The lowest BCUT2D eigenvalue weighted by atomic mass is 9.92. The molecule has 2 fully saturated rings. The first kappa shape index (κ1) is 20.8. The Hall–Kier alpha value is -1.92. The number of likely N-dealkylation sites (tertiary alicyclic amines) is 1. The highest BCUT2D eigenvalue weighted by Crippen LogP contribution is 2.21. The predicted octanol–water partition coefficient (Wildman–Crippen LogP) is 1.42. The predicted molar refractivity (Wildman–Crippen MR) is 111 cm³/mol.